The van der Waals surface area contributed by atoms with Crippen molar-refractivity contribution in [3.05, 3.63) is 70.7 Å². The number of amides is 1. The van der Waals surface area contributed by atoms with Gasteiger partial charge in [0.05, 0.1) is 18.8 Å². The van der Waals surface area contributed by atoms with Crippen LogP contribution in [-0.4, -0.2) is 58.3 Å². The number of carbonyl (C=O) groups excluding carboxylic acids is 2. The van der Waals surface area contributed by atoms with Crippen LogP contribution in [0.25, 0.3) is 10.9 Å². The fraction of sp³-hybridized carbons (Fsp3) is 0.292. The van der Waals surface area contributed by atoms with E-state index in [0.29, 0.717) is 37.7 Å². The number of aliphatic hydroxyl groups excluding tert-OH is 1. The number of aromatic nitrogens is 1. The average Bonchev–Trinajstić information content (AvgIpc) is 2.80. The Morgan fingerprint density at radius 2 is 1.81 bits per heavy atom. The van der Waals surface area contributed by atoms with E-state index in [0.717, 1.165) is 11.1 Å². The molecule has 1 aliphatic rings. The summed E-state index contributed by atoms with van der Waals surface area (Å²) in [4.78, 5) is 31.5. The van der Waals surface area contributed by atoms with Crippen LogP contribution in [0.3, 0.4) is 0 Å². The summed E-state index contributed by atoms with van der Waals surface area (Å²) in [5, 5.41) is 20.8. The zero-order valence-corrected chi connectivity index (χ0v) is 17.5. The fourth-order valence-electron chi connectivity index (χ4n) is 3.94. The number of methoxy groups -OCH3 is 1. The number of esters is 1. The van der Waals surface area contributed by atoms with Gasteiger partial charge in [-0.25, -0.2) is 9.18 Å². The normalized spacial score (nSPS) is 14.5. The van der Waals surface area contributed by atoms with Gasteiger partial charge in [0, 0.05) is 24.7 Å². The number of benzene rings is 2. The molecule has 0 aliphatic carbocycles. The highest BCUT2D eigenvalue weighted by Gasteiger charge is 2.27. The summed E-state index contributed by atoms with van der Waals surface area (Å²) in [5.74, 6) is -1.77. The number of fused-ring (bicyclic) bond motifs is 1. The molecule has 7 nitrogen and oxygen atoms in total. The van der Waals surface area contributed by atoms with Crippen LogP contribution in [0.1, 0.15) is 44.7 Å². The zero-order valence-electron chi connectivity index (χ0n) is 17.5. The van der Waals surface area contributed by atoms with Gasteiger partial charge in [-0.05, 0) is 54.7 Å². The molecule has 2 aromatic carbocycles. The maximum Gasteiger partial charge on any atom is 0.341 e. The second-order valence-corrected chi connectivity index (χ2v) is 7.88. The Morgan fingerprint density at radius 3 is 2.47 bits per heavy atom. The molecule has 0 unspecified atom stereocenters. The maximum atomic E-state index is 13.3. The molecule has 1 amide bonds. The van der Waals surface area contributed by atoms with E-state index in [1.807, 2.05) is 0 Å². The van der Waals surface area contributed by atoms with Gasteiger partial charge in [-0.1, -0.05) is 12.1 Å². The lowest BCUT2D eigenvalue weighted by Crippen LogP contribution is -2.40. The van der Waals surface area contributed by atoms with Crippen molar-refractivity contribution in [3.63, 3.8) is 0 Å². The van der Waals surface area contributed by atoms with Gasteiger partial charge >= 0.3 is 5.97 Å². The monoisotopic (exact) mass is 438 g/mol. The Labute approximate surface area is 184 Å². The minimum Gasteiger partial charge on any atom is -0.505 e. The zero-order chi connectivity index (χ0) is 22.8. The van der Waals surface area contributed by atoms with Crippen LogP contribution < -0.4 is 0 Å². The minimum absolute atomic E-state index is 0.121. The van der Waals surface area contributed by atoms with E-state index in [9.17, 15) is 24.2 Å². The molecular formula is C24H23FN2O5. The number of rotatable bonds is 4. The van der Waals surface area contributed by atoms with Crippen molar-refractivity contribution in [2.24, 2.45) is 0 Å². The summed E-state index contributed by atoms with van der Waals surface area (Å²) in [6.07, 6.45) is 2.51. The second-order valence-electron chi connectivity index (χ2n) is 7.88. The lowest BCUT2D eigenvalue weighted by molar-refractivity contribution is 0.0548. The predicted molar refractivity (Wildman–Crippen MR) is 115 cm³/mol. The summed E-state index contributed by atoms with van der Waals surface area (Å²) in [5.41, 5.74) is 1.83. The summed E-state index contributed by atoms with van der Waals surface area (Å²) in [7, 11) is 1.19. The van der Waals surface area contributed by atoms with Crippen LogP contribution in [-0.2, 0) is 11.2 Å². The molecule has 0 spiro atoms. The van der Waals surface area contributed by atoms with Crippen molar-refractivity contribution >= 4 is 22.8 Å². The first kappa shape index (κ1) is 21.7. The Bertz CT molecular complexity index is 1170. The van der Waals surface area contributed by atoms with Crippen LogP contribution in [0.5, 0.6) is 5.75 Å². The van der Waals surface area contributed by atoms with Gasteiger partial charge < -0.3 is 19.8 Å². The standard InChI is InChI=1S/C24H23FN2O5/c1-32-24(31)20-12-19(23(30)27-8-6-17(28)7-9-27)18-11-15(13-26-21(18)22(20)29)10-14-2-4-16(25)5-3-14/h2-5,11-13,17,28-29H,6-10H2,1H3. The number of hydrogen-bond acceptors (Lipinski definition) is 6. The molecule has 3 aromatic rings. The number of carbonyl (C=O) groups is 2. The lowest BCUT2D eigenvalue weighted by atomic mass is 9.97. The molecule has 8 heteroatoms. The van der Waals surface area contributed by atoms with Crippen LogP contribution >= 0.6 is 0 Å². The Hall–Kier alpha value is -3.52. The predicted octanol–water partition coefficient (Wildman–Crippen LogP) is 3.05. The number of ether oxygens (including phenoxy) is 1. The van der Waals surface area contributed by atoms with Gasteiger partial charge in [-0.15, -0.1) is 0 Å². The fourth-order valence-corrected chi connectivity index (χ4v) is 3.94. The molecule has 0 saturated carbocycles. The number of hydrogen-bond donors (Lipinski definition) is 2. The number of aliphatic hydroxyl groups is 1. The average molecular weight is 438 g/mol. The largest absolute Gasteiger partial charge is 0.505 e. The first-order valence-corrected chi connectivity index (χ1v) is 10.3. The van der Waals surface area contributed by atoms with Crippen LogP contribution in [0.2, 0.25) is 0 Å². The molecule has 1 fully saturated rings. The Kier molecular flexibility index (Phi) is 6.05. The maximum absolute atomic E-state index is 13.3. The third-order valence-corrected chi connectivity index (χ3v) is 5.71. The third-order valence-electron chi connectivity index (χ3n) is 5.71. The smallest absolute Gasteiger partial charge is 0.341 e. The lowest BCUT2D eigenvalue weighted by Gasteiger charge is -2.30. The second kappa shape index (κ2) is 8.92. The number of phenols is 1. The van der Waals surface area contributed by atoms with Crippen molar-refractivity contribution in [1.82, 2.24) is 9.88 Å². The number of piperidine rings is 1. The van der Waals surface area contributed by atoms with E-state index in [4.69, 9.17) is 4.74 Å². The Morgan fingerprint density at radius 1 is 1.12 bits per heavy atom. The first-order valence-electron chi connectivity index (χ1n) is 10.3. The van der Waals surface area contributed by atoms with Crippen LogP contribution in [0.15, 0.2) is 42.6 Å². The molecule has 0 bridgehead atoms. The number of nitrogens with zero attached hydrogens (tertiary/aromatic N) is 2. The van der Waals surface area contributed by atoms with Gasteiger partial charge in [0.2, 0.25) is 0 Å². The van der Waals surface area contributed by atoms with Gasteiger partial charge in [-0.2, -0.15) is 0 Å². The van der Waals surface area contributed by atoms with Gasteiger partial charge in [-0.3, -0.25) is 9.78 Å². The first-order chi connectivity index (χ1) is 15.4. The summed E-state index contributed by atoms with van der Waals surface area (Å²) < 4.78 is 18.0. The van der Waals surface area contributed by atoms with E-state index in [2.05, 4.69) is 4.98 Å². The molecule has 1 aliphatic heterocycles. The SMILES string of the molecule is COC(=O)c1cc(C(=O)N2CCC(O)CC2)c2cc(Cc3ccc(F)cc3)cnc2c1O. The molecule has 2 heterocycles. The van der Waals surface area contributed by atoms with Crippen molar-refractivity contribution < 1.29 is 28.9 Å². The van der Waals surface area contributed by atoms with Gasteiger partial charge in [0.15, 0.2) is 5.75 Å². The third kappa shape index (κ3) is 4.27. The van der Waals surface area contributed by atoms with Crippen molar-refractivity contribution in [2.45, 2.75) is 25.4 Å². The molecule has 32 heavy (non-hydrogen) atoms. The van der Waals surface area contributed by atoms with Crippen molar-refractivity contribution in [3.8, 4) is 5.75 Å². The molecule has 2 N–H and O–H groups in total. The molecule has 1 saturated heterocycles. The highest BCUT2D eigenvalue weighted by Crippen LogP contribution is 2.33. The summed E-state index contributed by atoms with van der Waals surface area (Å²) in [6, 6.07) is 9.17. The van der Waals surface area contributed by atoms with Crippen LogP contribution in [0, 0.1) is 5.82 Å². The van der Waals surface area contributed by atoms with E-state index in [1.165, 1.54) is 25.3 Å². The molecule has 1 aromatic heterocycles. The highest BCUT2D eigenvalue weighted by molar-refractivity contribution is 6.11. The summed E-state index contributed by atoms with van der Waals surface area (Å²) >= 11 is 0. The molecule has 0 radical (unpaired) electrons. The number of pyridine rings is 1. The number of aromatic hydroxyl groups is 1. The van der Waals surface area contributed by atoms with E-state index < -0.39 is 12.1 Å². The van der Waals surface area contributed by atoms with Gasteiger partial charge in [0.1, 0.15) is 16.9 Å². The quantitative estimate of drug-likeness (QED) is 0.608. The van der Waals surface area contributed by atoms with Crippen LogP contribution in [0.4, 0.5) is 4.39 Å². The molecule has 166 valence electrons. The molecule has 4 rings (SSSR count). The highest BCUT2D eigenvalue weighted by atomic mass is 19.1. The van der Waals surface area contributed by atoms with Gasteiger partial charge in [0.25, 0.3) is 5.91 Å². The van der Waals surface area contributed by atoms with E-state index >= 15 is 0 Å². The summed E-state index contributed by atoms with van der Waals surface area (Å²) in [6.45, 7) is 0.775. The van der Waals surface area contributed by atoms with Crippen molar-refractivity contribution in [2.75, 3.05) is 20.2 Å². The Balaban J connectivity index is 1.80. The molecule has 0 atom stereocenters. The minimum atomic E-state index is -0.773. The number of likely N-dealkylation sites (tertiary alicyclic amines) is 1. The van der Waals surface area contributed by atoms with E-state index in [-0.39, 0.29) is 34.1 Å². The van der Waals surface area contributed by atoms with E-state index in [1.54, 1.807) is 29.3 Å². The van der Waals surface area contributed by atoms with Crippen molar-refractivity contribution in [1.29, 1.82) is 0 Å². The molecular weight excluding hydrogens is 415 g/mol. The topological polar surface area (TPSA) is 100.0 Å². The number of phenolic OH excluding ortho intramolecular Hbond substituents is 1. The number of halogens is 1.